The monoisotopic (exact) mass is 377 g/mol. The Labute approximate surface area is 162 Å². The van der Waals surface area contributed by atoms with E-state index in [-0.39, 0.29) is 5.56 Å². The number of nitrogens with zero attached hydrogens (tertiary/aromatic N) is 5. The smallest absolute Gasteiger partial charge is 0.274 e. The fraction of sp³-hybridized carbons (Fsp3) is 0.400. The van der Waals surface area contributed by atoms with Crippen LogP contribution >= 0.6 is 0 Å². The first-order valence-corrected chi connectivity index (χ1v) is 9.74. The lowest BCUT2D eigenvalue weighted by Gasteiger charge is -2.36. The van der Waals surface area contributed by atoms with Gasteiger partial charge < -0.3 is 15.2 Å². The van der Waals surface area contributed by atoms with Crippen molar-refractivity contribution in [3.8, 4) is 17.1 Å². The van der Waals surface area contributed by atoms with Gasteiger partial charge in [-0.2, -0.15) is 5.10 Å². The summed E-state index contributed by atoms with van der Waals surface area (Å²) in [5.41, 5.74) is 1.54. The van der Waals surface area contributed by atoms with E-state index in [9.17, 15) is 4.79 Å². The molecule has 0 amide bonds. The molecule has 2 bridgehead atoms. The highest BCUT2D eigenvalue weighted by molar-refractivity contribution is 5.56. The van der Waals surface area contributed by atoms with Crippen LogP contribution in [0.4, 0.5) is 5.82 Å². The van der Waals surface area contributed by atoms with Crippen LogP contribution in [0.1, 0.15) is 25.7 Å². The molecule has 0 spiro atoms. The number of fused-ring (bicyclic) bond motifs is 2. The number of aromatic amines is 1. The first kappa shape index (κ1) is 17.1. The molecular formula is C20H23N7O. The summed E-state index contributed by atoms with van der Waals surface area (Å²) in [6, 6.07) is 11.0. The maximum absolute atomic E-state index is 12.4. The topological polar surface area (TPSA) is 91.7 Å². The highest BCUT2D eigenvalue weighted by Crippen LogP contribution is 2.31. The van der Waals surface area contributed by atoms with E-state index in [0.29, 0.717) is 35.2 Å². The maximum atomic E-state index is 12.4. The Bertz CT molecular complexity index is 1000. The van der Waals surface area contributed by atoms with Gasteiger partial charge >= 0.3 is 0 Å². The van der Waals surface area contributed by atoms with Crippen LogP contribution in [0.2, 0.25) is 0 Å². The van der Waals surface area contributed by atoms with E-state index in [1.54, 1.807) is 29.2 Å². The third kappa shape index (κ3) is 3.09. The number of hydrogen-bond acceptors (Lipinski definition) is 6. The third-order valence-corrected chi connectivity index (χ3v) is 5.92. The van der Waals surface area contributed by atoms with Crippen LogP contribution in [0.25, 0.3) is 17.1 Å². The van der Waals surface area contributed by atoms with Gasteiger partial charge in [-0.05, 0) is 56.0 Å². The minimum Gasteiger partial charge on any atom is -0.355 e. The van der Waals surface area contributed by atoms with Gasteiger partial charge in [0.25, 0.3) is 5.56 Å². The number of hydrogen-bond donors (Lipinski definition) is 2. The van der Waals surface area contributed by atoms with E-state index in [1.807, 2.05) is 18.2 Å². The first-order valence-electron chi connectivity index (χ1n) is 9.74. The molecule has 2 aliphatic heterocycles. The van der Waals surface area contributed by atoms with Gasteiger partial charge in [0, 0.05) is 37.6 Å². The van der Waals surface area contributed by atoms with Crippen molar-refractivity contribution < 1.29 is 0 Å². The molecule has 0 aliphatic carbocycles. The number of rotatable bonds is 4. The molecule has 2 saturated heterocycles. The lowest BCUT2D eigenvalue weighted by molar-refractivity contribution is 0.353. The van der Waals surface area contributed by atoms with Gasteiger partial charge in [-0.3, -0.25) is 4.79 Å². The summed E-state index contributed by atoms with van der Waals surface area (Å²) in [6.45, 7) is 0. The van der Waals surface area contributed by atoms with E-state index < -0.39 is 0 Å². The summed E-state index contributed by atoms with van der Waals surface area (Å²) in [6.07, 6.45) is 8.24. The average Bonchev–Trinajstić information content (AvgIpc) is 3.37. The normalized spacial score (nSPS) is 23.7. The van der Waals surface area contributed by atoms with Gasteiger partial charge in [0.05, 0.1) is 5.69 Å². The summed E-state index contributed by atoms with van der Waals surface area (Å²) in [5.74, 6) is 0.866. The molecule has 2 N–H and O–H groups in total. The van der Waals surface area contributed by atoms with Crippen molar-refractivity contribution in [2.75, 3.05) is 11.9 Å². The number of nitrogens with one attached hydrogen (secondary N) is 2. The Balaban J connectivity index is 1.35. The van der Waals surface area contributed by atoms with Gasteiger partial charge in [-0.15, -0.1) is 10.2 Å². The van der Waals surface area contributed by atoms with Crippen molar-refractivity contribution in [3.05, 3.63) is 53.1 Å². The fourth-order valence-corrected chi connectivity index (χ4v) is 4.39. The molecular weight excluding hydrogens is 354 g/mol. The maximum Gasteiger partial charge on any atom is 0.274 e. The van der Waals surface area contributed by atoms with Crippen molar-refractivity contribution >= 4 is 5.82 Å². The molecule has 0 saturated carbocycles. The Morgan fingerprint density at radius 2 is 1.93 bits per heavy atom. The fourth-order valence-electron chi connectivity index (χ4n) is 4.39. The Morgan fingerprint density at radius 3 is 2.57 bits per heavy atom. The summed E-state index contributed by atoms with van der Waals surface area (Å²) in [7, 11) is 2.10. The minimum absolute atomic E-state index is 0.214. The van der Waals surface area contributed by atoms with Crippen LogP contribution in [0.5, 0.6) is 0 Å². The van der Waals surface area contributed by atoms with Crippen molar-refractivity contribution in [1.82, 2.24) is 30.3 Å². The molecule has 28 heavy (non-hydrogen) atoms. The number of aromatic nitrogens is 5. The summed E-state index contributed by atoms with van der Waals surface area (Å²) in [5, 5.41) is 16.5. The zero-order chi connectivity index (χ0) is 19.1. The highest BCUT2D eigenvalue weighted by Gasteiger charge is 2.35. The summed E-state index contributed by atoms with van der Waals surface area (Å²) in [4.78, 5) is 17.5. The predicted molar refractivity (Wildman–Crippen MR) is 107 cm³/mol. The molecule has 3 aromatic rings. The summed E-state index contributed by atoms with van der Waals surface area (Å²) >= 11 is 0. The second-order valence-corrected chi connectivity index (χ2v) is 7.69. The molecule has 144 valence electrons. The van der Waals surface area contributed by atoms with E-state index in [2.05, 4.69) is 37.5 Å². The van der Waals surface area contributed by atoms with Crippen molar-refractivity contribution in [2.24, 2.45) is 0 Å². The van der Waals surface area contributed by atoms with Gasteiger partial charge in [0.2, 0.25) is 0 Å². The molecule has 3 atom stereocenters. The van der Waals surface area contributed by atoms with Crippen LogP contribution in [0.3, 0.4) is 0 Å². The van der Waals surface area contributed by atoms with Crippen LogP contribution in [-0.2, 0) is 0 Å². The van der Waals surface area contributed by atoms with Crippen molar-refractivity contribution in [3.63, 3.8) is 0 Å². The zero-order valence-corrected chi connectivity index (χ0v) is 15.7. The molecule has 2 fully saturated rings. The van der Waals surface area contributed by atoms with Gasteiger partial charge in [0.15, 0.2) is 5.82 Å². The molecule has 3 aromatic heterocycles. The van der Waals surface area contributed by atoms with Gasteiger partial charge in [-0.1, -0.05) is 0 Å². The molecule has 5 rings (SSSR count). The standard InChI is InChI=1S/C20H23N7O/c1-26(15-11-13-3-4-14(12-15)22-13)19-8-6-17(24-25-19)16-5-7-18(20(28)23-16)27-10-2-9-21-27/h2,5-10,13-15,22H,3-4,11-12H2,1H3,(H,23,28)/t13-,14+,15-. The van der Waals surface area contributed by atoms with Crippen LogP contribution in [0.15, 0.2) is 47.5 Å². The van der Waals surface area contributed by atoms with Crippen molar-refractivity contribution in [1.29, 1.82) is 0 Å². The lowest BCUT2D eigenvalue weighted by Crippen LogP contribution is -2.47. The first-order chi connectivity index (χ1) is 13.7. The minimum atomic E-state index is -0.214. The molecule has 8 nitrogen and oxygen atoms in total. The summed E-state index contributed by atoms with van der Waals surface area (Å²) < 4.78 is 1.54. The van der Waals surface area contributed by atoms with Gasteiger partial charge in [0.1, 0.15) is 11.4 Å². The second kappa shape index (κ2) is 6.87. The average molecular weight is 377 g/mol. The molecule has 0 radical (unpaired) electrons. The molecule has 0 unspecified atom stereocenters. The van der Waals surface area contributed by atoms with Crippen LogP contribution in [0, 0.1) is 0 Å². The largest absolute Gasteiger partial charge is 0.355 e. The quantitative estimate of drug-likeness (QED) is 0.720. The number of piperidine rings is 1. The third-order valence-electron chi connectivity index (χ3n) is 5.92. The van der Waals surface area contributed by atoms with E-state index in [1.165, 1.54) is 12.8 Å². The SMILES string of the molecule is CN(c1ccc(-c2ccc(-n3cccn3)c(=O)[nH]2)nn1)[C@@H]1C[C@H]2CC[C@@H](C1)N2. The van der Waals surface area contributed by atoms with Gasteiger partial charge in [-0.25, -0.2) is 4.68 Å². The molecule has 2 aliphatic rings. The number of H-pyrrole nitrogens is 1. The van der Waals surface area contributed by atoms with E-state index in [0.717, 1.165) is 18.7 Å². The van der Waals surface area contributed by atoms with Crippen molar-refractivity contribution in [2.45, 2.75) is 43.8 Å². The number of pyridine rings is 1. The lowest BCUT2D eigenvalue weighted by atomic mass is 9.98. The predicted octanol–water partition coefficient (Wildman–Crippen LogP) is 1.74. The number of anilines is 1. The molecule has 8 heteroatoms. The van der Waals surface area contributed by atoms with E-state index >= 15 is 0 Å². The Kier molecular flexibility index (Phi) is 4.20. The second-order valence-electron chi connectivity index (χ2n) is 7.69. The van der Waals surface area contributed by atoms with E-state index in [4.69, 9.17) is 0 Å². The molecule has 0 aromatic carbocycles. The Hall–Kier alpha value is -3.00. The Morgan fingerprint density at radius 1 is 1.11 bits per heavy atom. The molecule has 5 heterocycles. The van der Waals surface area contributed by atoms with Crippen LogP contribution in [-0.4, -0.2) is 50.1 Å². The highest BCUT2D eigenvalue weighted by atomic mass is 16.1. The van der Waals surface area contributed by atoms with Crippen LogP contribution < -0.4 is 15.8 Å². The zero-order valence-electron chi connectivity index (χ0n) is 15.7.